The van der Waals surface area contributed by atoms with Gasteiger partial charge >= 0.3 is 0 Å². The van der Waals surface area contributed by atoms with E-state index in [2.05, 4.69) is 37.5 Å². The molecule has 3 N–H and O–H groups in total. The Morgan fingerprint density at radius 2 is 2.11 bits per heavy atom. The summed E-state index contributed by atoms with van der Waals surface area (Å²) in [6.45, 7) is 4.42. The van der Waals surface area contributed by atoms with Gasteiger partial charge in [-0.05, 0) is 36.3 Å². The quantitative estimate of drug-likeness (QED) is 0.627. The second-order valence-electron chi connectivity index (χ2n) is 5.31. The van der Waals surface area contributed by atoms with E-state index in [1.54, 1.807) is 0 Å². The Bertz CT molecular complexity index is 602. The lowest BCUT2D eigenvalue weighted by Gasteiger charge is -2.15. The Morgan fingerprint density at radius 1 is 1.28 bits per heavy atom. The highest BCUT2D eigenvalue weighted by atomic mass is 15.2. The SMILES string of the molecule is CC(C)c1cccc2c(NN)c3c(nc12)CCC3. The Balaban J connectivity index is 2.38. The number of anilines is 1. The number of nitrogens with two attached hydrogens (primary N) is 1. The van der Waals surface area contributed by atoms with Gasteiger partial charge in [0.1, 0.15) is 0 Å². The molecule has 1 aromatic carbocycles. The first-order valence-electron chi connectivity index (χ1n) is 6.63. The summed E-state index contributed by atoms with van der Waals surface area (Å²) < 4.78 is 0. The topological polar surface area (TPSA) is 50.9 Å². The van der Waals surface area contributed by atoms with Gasteiger partial charge in [-0.2, -0.15) is 0 Å². The molecule has 1 aliphatic carbocycles. The van der Waals surface area contributed by atoms with Crippen molar-refractivity contribution >= 4 is 16.6 Å². The molecule has 0 radical (unpaired) electrons. The van der Waals surface area contributed by atoms with Crippen molar-refractivity contribution in [2.24, 2.45) is 5.84 Å². The molecule has 0 fully saturated rings. The zero-order chi connectivity index (χ0) is 12.7. The van der Waals surface area contributed by atoms with Crippen LogP contribution in [0.5, 0.6) is 0 Å². The minimum atomic E-state index is 0.478. The van der Waals surface area contributed by atoms with Gasteiger partial charge in [-0.15, -0.1) is 0 Å². The molecule has 3 rings (SSSR count). The second-order valence-corrected chi connectivity index (χ2v) is 5.31. The van der Waals surface area contributed by atoms with E-state index in [0.717, 1.165) is 29.4 Å². The third kappa shape index (κ3) is 1.58. The van der Waals surface area contributed by atoms with Gasteiger partial charge < -0.3 is 5.43 Å². The zero-order valence-electron chi connectivity index (χ0n) is 11.0. The summed E-state index contributed by atoms with van der Waals surface area (Å²) in [6.07, 6.45) is 3.35. The molecule has 1 aliphatic rings. The van der Waals surface area contributed by atoms with Crippen LogP contribution in [0.25, 0.3) is 10.9 Å². The zero-order valence-corrected chi connectivity index (χ0v) is 11.0. The van der Waals surface area contributed by atoms with Crippen molar-refractivity contribution < 1.29 is 0 Å². The van der Waals surface area contributed by atoms with Crippen molar-refractivity contribution in [3.8, 4) is 0 Å². The van der Waals surface area contributed by atoms with Crippen molar-refractivity contribution in [3.05, 3.63) is 35.0 Å². The molecule has 0 atom stereocenters. The fourth-order valence-electron chi connectivity index (χ4n) is 2.94. The normalized spacial score (nSPS) is 14.2. The van der Waals surface area contributed by atoms with Crippen LogP contribution in [0.2, 0.25) is 0 Å². The number of benzene rings is 1. The fourth-order valence-corrected chi connectivity index (χ4v) is 2.94. The number of pyridine rings is 1. The number of hydrogen-bond acceptors (Lipinski definition) is 3. The number of nitrogens with zero attached hydrogens (tertiary/aromatic N) is 1. The Labute approximate surface area is 107 Å². The second kappa shape index (κ2) is 4.25. The molecule has 0 saturated heterocycles. The van der Waals surface area contributed by atoms with Gasteiger partial charge in [0.15, 0.2) is 0 Å². The molecule has 0 spiro atoms. The average Bonchev–Trinajstić information content (AvgIpc) is 2.82. The van der Waals surface area contributed by atoms with Crippen LogP contribution < -0.4 is 11.3 Å². The lowest BCUT2D eigenvalue weighted by atomic mass is 9.97. The van der Waals surface area contributed by atoms with Gasteiger partial charge in [-0.3, -0.25) is 10.8 Å². The van der Waals surface area contributed by atoms with E-state index in [-0.39, 0.29) is 0 Å². The van der Waals surface area contributed by atoms with E-state index in [9.17, 15) is 0 Å². The first-order chi connectivity index (χ1) is 8.72. The molecule has 3 nitrogen and oxygen atoms in total. The highest BCUT2D eigenvalue weighted by Gasteiger charge is 2.20. The van der Waals surface area contributed by atoms with E-state index in [1.807, 2.05) is 0 Å². The van der Waals surface area contributed by atoms with Crippen molar-refractivity contribution in [1.29, 1.82) is 0 Å². The Hall–Kier alpha value is -1.61. The number of nitrogen functional groups attached to an aromatic ring is 1. The summed E-state index contributed by atoms with van der Waals surface area (Å²) in [6, 6.07) is 6.38. The standard InChI is InChI=1S/C15H19N3/c1-9(2)10-5-3-7-12-14(10)17-13-8-4-6-11(13)15(12)18-16/h3,5,7,9H,4,6,8,16H2,1-2H3,(H,17,18). The van der Waals surface area contributed by atoms with Gasteiger partial charge in [0, 0.05) is 11.1 Å². The Morgan fingerprint density at radius 3 is 2.83 bits per heavy atom. The van der Waals surface area contributed by atoms with E-state index in [0.29, 0.717) is 5.92 Å². The molecule has 0 saturated carbocycles. The maximum absolute atomic E-state index is 5.74. The van der Waals surface area contributed by atoms with E-state index < -0.39 is 0 Å². The molecule has 0 bridgehead atoms. The van der Waals surface area contributed by atoms with Gasteiger partial charge in [0.25, 0.3) is 0 Å². The highest BCUT2D eigenvalue weighted by Crippen LogP contribution is 2.36. The molecule has 18 heavy (non-hydrogen) atoms. The Kier molecular flexibility index (Phi) is 2.71. The van der Waals surface area contributed by atoms with Crippen LogP contribution in [0.4, 0.5) is 5.69 Å². The third-order valence-corrected chi connectivity index (χ3v) is 3.84. The van der Waals surface area contributed by atoms with Crippen LogP contribution in [0, 0.1) is 0 Å². The molecule has 1 heterocycles. The van der Waals surface area contributed by atoms with Crippen molar-refractivity contribution in [2.45, 2.75) is 39.0 Å². The van der Waals surface area contributed by atoms with Gasteiger partial charge in [-0.1, -0.05) is 32.0 Å². The van der Waals surface area contributed by atoms with Crippen molar-refractivity contribution in [3.63, 3.8) is 0 Å². The number of para-hydroxylation sites is 1. The summed E-state index contributed by atoms with van der Waals surface area (Å²) >= 11 is 0. The van der Waals surface area contributed by atoms with Crippen LogP contribution in [0.15, 0.2) is 18.2 Å². The average molecular weight is 241 g/mol. The maximum Gasteiger partial charge on any atom is 0.0761 e. The largest absolute Gasteiger partial charge is 0.323 e. The monoisotopic (exact) mass is 241 g/mol. The van der Waals surface area contributed by atoms with Gasteiger partial charge in [-0.25, -0.2) is 0 Å². The minimum absolute atomic E-state index is 0.478. The minimum Gasteiger partial charge on any atom is -0.323 e. The number of aryl methyl sites for hydroxylation is 1. The van der Waals surface area contributed by atoms with Crippen LogP contribution in [0.3, 0.4) is 0 Å². The third-order valence-electron chi connectivity index (χ3n) is 3.84. The van der Waals surface area contributed by atoms with Crippen molar-refractivity contribution in [1.82, 2.24) is 4.98 Å². The predicted molar refractivity (Wildman–Crippen MR) is 75.7 cm³/mol. The molecule has 3 heteroatoms. The summed E-state index contributed by atoms with van der Waals surface area (Å²) in [4.78, 5) is 4.89. The molecule has 2 aromatic rings. The first kappa shape index (κ1) is 11.5. The lowest BCUT2D eigenvalue weighted by molar-refractivity contribution is 0.869. The number of hydrogen-bond donors (Lipinski definition) is 2. The molecule has 0 amide bonds. The molecule has 94 valence electrons. The lowest BCUT2D eigenvalue weighted by Crippen LogP contribution is -2.11. The number of hydrazine groups is 1. The summed E-state index contributed by atoms with van der Waals surface area (Å²) in [5.74, 6) is 6.22. The summed E-state index contributed by atoms with van der Waals surface area (Å²) in [7, 11) is 0. The van der Waals surface area contributed by atoms with Crippen LogP contribution in [-0.4, -0.2) is 4.98 Å². The highest BCUT2D eigenvalue weighted by molar-refractivity contribution is 5.95. The van der Waals surface area contributed by atoms with Gasteiger partial charge in [0.05, 0.1) is 11.2 Å². The first-order valence-corrected chi connectivity index (χ1v) is 6.63. The van der Waals surface area contributed by atoms with E-state index >= 15 is 0 Å². The van der Waals surface area contributed by atoms with Crippen LogP contribution in [-0.2, 0) is 12.8 Å². The smallest absolute Gasteiger partial charge is 0.0761 e. The summed E-state index contributed by atoms with van der Waals surface area (Å²) in [5, 5.41) is 1.16. The summed E-state index contributed by atoms with van der Waals surface area (Å²) in [5.41, 5.74) is 8.93. The van der Waals surface area contributed by atoms with Crippen LogP contribution in [0.1, 0.15) is 43.0 Å². The fraction of sp³-hybridized carbons (Fsp3) is 0.400. The number of fused-ring (bicyclic) bond motifs is 2. The van der Waals surface area contributed by atoms with E-state index in [1.165, 1.54) is 23.2 Å². The molecular weight excluding hydrogens is 222 g/mol. The van der Waals surface area contributed by atoms with Crippen molar-refractivity contribution in [2.75, 3.05) is 5.43 Å². The molecule has 1 aromatic heterocycles. The molecule has 0 aliphatic heterocycles. The molecular formula is C15H19N3. The molecule has 0 unspecified atom stereocenters. The number of nitrogens with one attached hydrogen (secondary N) is 1. The van der Waals surface area contributed by atoms with Gasteiger partial charge in [0.2, 0.25) is 0 Å². The predicted octanol–water partition coefficient (Wildman–Crippen LogP) is 3.13. The maximum atomic E-state index is 5.74. The van der Waals surface area contributed by atoms with E-state index in [4.69, 9.17) is 10.8 Å². The number of rotatable bonds is 2. The van der Waals surface area contributed by atoms with Crippen LogP contribution >= 0.6 is 0 Å². The number of aromatic nitrogens is 1.